The summed E-state index contributed by atoms with van der Waals surface area (Å²) < 4.78 is 0. The number of nitrogens with one attached hydrogen (secondary N) is 2. The van der Waals surface area contributed by atoms with Gasteiger partial charge in [0, 0.05) is 37.2 Å². The largest absolute Gasteiger partial charge is 0.358 e. The smallest absolute Gasteiger partial charge is 0.316 e. The Bertz CT molecular complexity index is 559. The molecule has 2 aromatic rings. The molecule has 0 spiro atoms. The van der Waals surface area contributed by atoms with Gasteiger partial charge in [0.05, 0.1) is 0 Å². The molecule has 1 aromatic carbocycles. The highest BCUT2D eigenvalue weighted by molar-refractivity contribution is 5.84. The lowest BCUT2D eigenvalue weighted by atomic mass is 10.1. The Morgan fingerprint density at radius 3 is 2.83 bits per heavy atom. The summed E-state index contributed by atoms with van der Waals surface area (Å²) in [6.07, 6.45) is 0.861. The number of fused-ring (bicyclic) bond motifs is 1. The Labute approximate surface area is 107 Å². The number of hydrogen-bond donors (Lipinski definition) is 2. The minimum absolute atomic E-state index is 0.0486. The molecule has 0 aliphatic rings. The second-order valence-corrected chi connectivity index (χ2v) is 4.50. The van der Waals surface area contributed by atoms with E-state index in [9.17, 15) is 4.79 Å². The van der Waals surface area contributed by atoms with Crippen molar-refractivity contribution in [3.05, 3.63) is 35.5 Å². The summed E-state index contributed by atoms with van der Waals surface area (Å²) in [5.74, 6) is 0. The highest BCUT2D eigenvalue weighted by Gasteiger charge is 2.10. The van der Waals surface area contributed by atoms with Crippen LogP contribution in [0, 0.1) is 6.92 Å². The van der Waals surface area contributed by atoms with Gasteiger partial charge in [0.1, 0.15) is 0 Å². The van der Waals surface area contributed by atoms with E-state index in [0.717, 1.165) is 11.9 Å². The van der Waals surface area contributed by atoms with E-state index in [2.05, 4.69) is 29.4 Å². The van der Waals surface area contributed by atoms with Crippen LogP contribution in [-0.2, 0) is 6.42 Å². The third-order valence-electron chi connectivity index (χ3n) is 3.28. The molecule has 0 unspecified atom stereocenters. The molecule has 0 radical (unpaired) electrons. The van der Waals surface area contributed by atoms with Gasteiger partial charge in [-0.1, -0.05) is 18.2 Å². The van der Waals surface area contributed by atoms with E-state index in [1.807, 2.05) is 19.2 Å². The van der Waals surface area contributed by atoms with Crippen LogP contribution in [-0.4, -0.2) is 36.6 Å². The van der Waals surface area contributed by atoms with E-state index in [4.69, 9.17) is 0 Å². The molecule has 2 N–H and O–H groups in total. The number of carbonyl (C=O) groups excluding carboxylic acids is 1. The van der Waals surface area contributed by atoms with Gasteiger partial charge < -0.3 is 15.2 Å². The average molecular weight is 245 g/mol. The lowest BCUT2D eigenvalue weighted by Gasteiger charge is -2.16. The molecular weight excluding hydrogens is 226 g/mol. The van der Waals surface area contributed by atoms with E-state index in [1.165, 1.54) is 16.6 Å². The van der Waals surface area contributed by atoms with Gasteiger partial charge in [0.15, 0.2) is 0 Å². The summed E-state index contributed by atoms with van der Waals surface area (Å²) in [5.41, 5.74) is 3.63. The Morgan fingerprint density at radius 2 is 2.11 bits per heavy atom. The zero-order valence-corrected chi connectivity index (χ0v) is 11.1. The summed E-state index contributed by atoms with van der Waals surface area (Å²) in [7, 11) is 3.46. The first-order chi connectivity index (χ1) is 8.63. The minimum atomic E-state index is -0.0486. The summed E-state index contributed by atoms with van der Waals surface area (Å²) in [4.78, 5) is 16.5. The van der Waals surface area contributed by atoms with E-state index < -0.39 is 0 Å². The van der Waals surface area contributed by atoms with Crippen LogP contribution in [0.25, 0.3) is 10.9 Å². The Hall–Kier alpha value is -1.97. The Kier molecular flexibility index (Phi) is 3.55. The molecule has 2 amide bonds. The molecule has 1 heterocycles. The zero-order chi connectivity index (χ0) is 13.1. The quantitative estimate of drug-likeness (QED) is 0.856. The number of H-pyrrole nitrogens is 1. The fourth-order valence-electron chi connectivity index (χ4n) is 2.23. The summed E-state index contributed by atoms with van der Waals surface area (Å²) in [5, 5.41) is 3.88. The van der Waals surface area contributed by atoms with Crippen LogP contribution in [0.4, 0.5) is 4.79 Å². The van der Waals surface area contributed by atoms with Crippen molar-refractivity contribution in [2.24, 2.45) is 0 Å². The standard InChI is InChI=1S/C14H19N3O/c1-10-11(8-9-17(3)14(18)15-2)12-6-4-5-7-13(12)16-10/h4-7,16H,8-9H2,1-3H3,(H,15,18). The number of urea groups is 1. The van der Waals surface area contributed by atoms with Crippen molar-refractivity contribution in [3.8, 4) is 0 Å². The Balaban J connectivity index is 2.17. The third kappa shape index (κ3) is 2.32. The Morgan fingerprint density at radius 1 is 1.39 bits per heavy atom. The number of para-hydroxylation sites is 1. The van der Waals surface area contributed by atoms with E-state index in [0.29, 0.717) is 6.54 Å². The number of aryl methyl sites for hydroxylation is 1. The van der Waals surface area contributed by atoms with Crippen LogP contribution in [0.15, 0.2) is 24.3 Å². The molecule has 4 heteroatoms. The van der Waals surface area contributed by atoms with Crippen LogP contribution in [0.3, 0.4) is 0 Å². The normalized spacial score (nSPS) is 10.6. The molecule has 4 nitrogen and oxygen atoms in total. The van der Waals surface area contributed by atoms with Gasteiger partial charge in [-0.05, 0) is 25.0 Å². The van der Waals surface area contributed by atoms with Gasteiger partial charge in [0.2, 0.25) is 0 Å². The number of aromatic amines is 1. The molecule has 1 aromatic heterocycles. The number of amides is 2. The minimum Gasteiger partial charge on any atom is -0.358 e. The molecule has 0 atom stereocenters. The number of carbonyl (C=O) groups is 1. The van der Waals surface area contributed by atoms with Gasteiger partial charge in [-0.25, -0.2) is 4.79 Å². The topological polar surface area (TPSA) is 48.1 Å². The maximum absolute atomic E-state index is 11.4. The van der Waals surface area contributed by atoms with Crippen LogP contribution in [0.1, 0.15) is 11.3 Å². The first-order valence-corrected chi connectivity index (χ1v) is 6.12. The van der Waals surface area contributed by atoms with E-state index >= 15 is 0 Å². The van der Waals surface area contributed by atoms with Crippen molar-refractivity contribution < 1.29 is 4.79 Å². The number of rotatable bonds is 3. The van der Waals surface area contributed by atoms with Crippen LogP contribution >= 0.6 is 0 Å². The first-order valence-electron chi connectivity index (χ1n) is 6.12. The lowest BCUT2D eigenvalue weighted by molar-refractivity contribution is 0.211. The molecule has 0 saturated carbocycles. The zero-order valence-electron chi connectivity index (χ0n) is 11.1. The molecule has 0 saturated heterocycles. The number of benzene rings is 1. The fourth-order valence-corrected chi connectivity index (χ4v) is 2.23. The van der Waals surface area contributed by atoms with Crippen LogP contribution in [0.5, 0.6) is 0 Å². The molecule has 18 heavy (non-hydrogen) atoms. The highest BCUT2D eigenvalue weighted by Crippen LogP contribution is 2.22. The van der Waals surface area contributed by atoms with E-state index in [-0.39, 0.29) is 6.03 Å². The van der Waals surface area contributed by atoms with Gasteiger partial charge in [0.25, 0.3) is 0 Å². The predicted molar refractivity (Wildman–Crippen MR) is 73.8 cm³/mol. The van der Waals surface area contributed by atoms with Crippen LogP contribution in [0.2, 0.25) is 0 Å². The fraction of sp³-hybridized carbons (Fsp3) is 0.357. The summed E-state index contributed by atoms with van der Waals surface area (Å²) >= 11 is 0. The SMILES string of the molecule is CNC(=O)N(C)CCc1c(C)[nH]c2ccccc12. The van der Waals surface area contributed by atoms with Crippen molar-refractivity contribution >= 4 is 16.9 Å². The molecule has 2 rings (SSSR count). The molecule has 0 fully saturated rings. The number of likely N-dealkylation sites (N-methyl/N-ethyl adjacent to an activating group) is 1. The molecule has 0 bridgehead atoms. The molecule has 96 valence electrons. The monoisotopic (exact) mass is 245 g/mol. The molecular formula is C14H19N3O. The predicted octanol–water partition coefficient (Wildman–Crippen LogP) is 2.29. The van der Waals surface area contributed by atoms with Gasteiger partial charge in [-0.3, -0.25) is 0 Å². The second kappa shape index (κ2) is 5.12. The van der Waals surface area contributed by atoms with Gasteiger partial charge >= 0.3 is 6.03 Å². The highest BCUT2D eigenvalue weighted by atomic mass is 16.2. The van der Waals surface area contributed by atoms with E-state index in [1.54, 1.807) is 11.9 Å². The maximum Gasteiger partial charge on any atom is 0.316 e. The molecule has 0 aliphatic carbocycles. The third-order valence-corrected chi connectivity index (χ3v) is 3.28. The van der Waals surface area contributed by atoms with Crippen molar-refractivity contribution in [2.75, 3.05) is 20.6 Å². The average Bonchev–Trinajstić information content (AvgIpc) is 2.70. The second-order valence-electron chi connectivity index (χ2n) is 4.50. The molecule has 0 aliphatic heterocycles. The van der Waals surface area contributed by atoms with Crippen molar-refractivity contribution in [2.45, 2.75) is 13.3 Å². The lowest BCUT2D eigenvalue weighted by Crippen LogP contribution is -2.36. The van der Waals surface area contributed by atoms with Crippen molar-refractivity contribution in [1.82, 2.24) is 15.2 Å². The summed E-state index contributed by atoms with van der Waals surface area (Å²) in [6.45, 7) is 2.79. The van der Waals surface area contributed by atoms with Gasteiger partial charge in [-0.15, -0.1) is 0 Å². The van der Waals surface area contributed by atoms with Crippen LogP contribution < -0.4 is 5.32 Å². The van der Waals surface area contributed by atoms with Crippen molar-refractivity contribution in [1.29, 1.82) is 0 Å². The number of aromatic nitrogens is 1. The van der Waals surface area contributed by atoms with Gasteiger partial charge in [-0.2, -0.15) is 0 Å². The summed E-state index contributed by atoms with van der Waals surface area (Å²) in [6, 6.07) is 8.22. The van der Waals surface area contributed by atoms with Crippen molar-refractivity contribution in [3.63, 3.8) is 0 Å². The first kappa shape index (κ1) is 12.5. The number of hydrogen-bond acceptors (Lipinski definition) is 1. The maximum atomic E-state index is 11.4. The number of nitrogens with zero attached hydrogens (tertiary/aromatic N) is 1.